The lowest BCUT2D eigenvalue weighted by atomic mass is 10.1. The number of aromatic nitrogens is 2. The summed E-state index contributed by atoms with van der Waals surface area (Å²) in [6.45, 7) is 0.397. The van der Waals surface area contributed by atoms with Crippen molar-refractivity contribution in [2.45, 2.75) is 37.8 Å². The largest absolute Gasteiger partial charge is 0.480 e. The Labute approximate surface area is 127 Å². The van der Waals surface area contributed by atoms with E-state index < -0.39 is 12.0 Å². The molecule has 0 spiro atoms. The Kier molecular flexibility index (Phi) is 3.82. The van der Waals surface area contributed by atoms with Crippen molar-refractivity contribution < 1.29 is 19.5 Å². The van der Waals surface area contributed by atoms with Gasteiger partial charge in [0.2, 0.25) is 11.8 Å². The van der Waals surface area contributed by atoms with E-state index in [0.717, 1.165) is 5.69 Å². The normalized spacial score (nSPS) is 24.5. The van der Waals surface area contributed by atoms with E-state index in [1.807, 2.05) is 0 Å². The lowest BCUT2D eigenvalue weighted by Gasteiger charge is -2.38. The molecule has 2 unspecified atom stereocenters. The van der Waals surface area contributed by atoms with E-state index in [4.69, 9.17) is 5.11 Å². The summed E-state index contributed by atoms with van der Waals surface area (Å²) >= 11 is 0. The van der Waals surface area contributed by atoms with Crippen LogP contribution in [0, 0.1) is 0 Å². The standard InChI is InChI=1S/C14H18N4O4/c19-12(4-1-9-5-15-8-16-9)17-6-10-2-3-11(14(21)22)18(10)13(20)7-17/h5,8,10-11H,1-4,6-7H2,(H,15,16)(H,21,22). The van der Waals surface area contributed by atoms with Crippen LogP contribution in [0.3, 0.4) is 0 Å². The second-order valence-corrected chi connectivity index (χ2v) is 5.72. The molecule has 8 heteroatoms. The number of hydrogen-bond acceptors (Lipinski definition) is 4. The molecule has 0 bridgehead atoms. The summed E-state index contributed by atoms with van der Waals surface area (Å²) in [4.78, 5) is 45.5. The number of aromatic amines is 1. The molecule has 0 aliphatic carbocycles. The summed E-state index contributed by atoms with van der Waals surface area (Å²) < 4.78 is 0. The number of aryl methyl sites for hydroxylation is 1. The van der Waals surface area contributed by atoms with Gasteiger partial charge < -0.3 is 19.9 Å². The molecule has 22 heavy (non-hydrogen) atoms. The molecule has 2 atom stereocenters. The molecule has 2 N–H and O–H groups in total. The van der Waals surface area contributed by atoms with Crippen molar-refractivity contribution in [3.05, 3.63) is 18.2 Å². The van der Waals surface area contributed by atoms with Crippen molar-refractivity contribution in [3.8, 4) is 0 Å². The molecule has 0 radical (unpaired) electrons. The van der Waals surface area contributed by atoms with Gasteiger partial charge in [-0.3, -0.25) is 9.59 Å². The van der Waals surface area contributed by atoms with Gasteiger partial charge in [0.05, 0.1) is 24.6 Å². The molecule has 118 valence electrons. The van der Waals surface area contributed by atoms with Gasteiger partial charge in [-0.05, 0) is 19.3 Å². The van der Waals surface area contributed by atoms with Crippen molar-refractivity contribution in [1.29, 1.82) is 0 Å². The highest BCUT2D eigenvalue weighted by Gasteiger charge is 2.45. The second-order valence-electron chi connectivity index (χ2n) is 5.72. The van der Waals surface area contributed by atoms with Gasteiger partial charge in [0.15, 0.2) is 0 Å². The lowest BCUT2D eigenvalue weighted by molar-refractivity contribution is -0.155. The average Bonchev–Trinajstić information content (AvgIpc) is 3.13. The molecule has 3 heterocycles. The maximum atomic E-state index is 12.2. The van der Waals surface area contributed by atoms with Gasteiger partial charge in [0.25, 0.3) is 0 Å². The number of nitrogens with one attached hydrogen (secondary N) is 1. The first-order valence-electron chi connectivity index (χ1n) is 7.35. The Bertz CT molecular complexity index is 586. The molecule has 0 saturated carbocycles. The molecule has 2 aliphatic rings. The third kappa shape index (κ3) is 2.68. The van der Waals surface area contributed by atoms with Crippen LogP contribution < -0.4 is 0 Å². The van der Waals surface area contributed by atoms with Crippen LogP contribution in [0.1, 0.15) is 25.0 Å². The van der Waals surface area contributed by atoms with Crippen LogP contribution in [-0.2, 0) is 20.8 Å². The monoisotopic (exact) mass is 306 g/mol. The average molecular weight is 306 g/mol. The van der Waals surface area contributed by atoms with Gasteiger partial charge in [-0.1, -0.05) is 0 Å². The number of carbonyl (C=O) groups excluding carboxylic acids is 2. The van der Waals surface area contributed by atoms with E-state index in [1.54, 1.807) is 17.4 Å². The van der Waals surface area contributed by atoms with Crippen molar-refractivity contribution >= 4 is 17.8 Å². The number of fused-ring (bicyclic) bond motifs is 1. The third-order valence-electron chi connectivity index (χ3n) is 4.34. The number of carboxylic acids is 1. The predicted molar refractivity (Wildman–Crippen MR) is 74.8 cm³/mol. The van der Waals surface area contributed by atoms with Crippen LogP contribution in [0.25, 0.3) is 0 Å². The Hall–Kier alpha value is -2.38. The molecule has 2 aliphatic heterocycles. The van der Waals surface area contributed by atoms with Gasteiger partial charge in [-0.25, -0.2) is 9.78 Å². The molecule has 2 fully saturated rings. The maximum Gasteiger partial charge on any atom is 0.326 e. The summed E-state index contributed by atoms with van der Waals surface area (Å²) in [6.07, 6.45) is 5.22. The highest BCUT2D eigenvalue weighted by molar-refractivity contribution is 5.90. The SMILES string of the molecule is O=C(O)C1CCC2CN(C(=O)CCc3c[nH]cn3)CC(=O)N21. The van der Waals surface area contributed by atoms with Gasteiger partial charge >= 0.3 is 5.97 Å². The zero-order chi connectivity index (χ0) is 15.7. The summed E-state index contributed by atoms with van der Waals surface area (Å²) in [5.74, 6) is -1.32. The molecule has 2 amide bonds. The Morgan fingerprint density at radius 2 is 2.23 bits per heavy atom. The van der Waals surface area contributed by atoms with E-state index in [1.165, 1.54) is 4.90 Å². The fourth-order valence-electron chi connectivity index (χ4n) is 3.26. The summed E-state index contributed by atoms with van der Waals surface area (Å²) in [5.41, 5.74) is 0.810. The number of carbonyl (C=O) groups is 3. The summed E-state index contributed by atoms with van der Waals surface area (Å²) in [5, 5.41) is 9.15. The van der Waals surface area contributed by atoms with E-state index >= 15 is 0 Å². The van der Waals surface area contributed by atoms with Crippen LogP contribution in [0.15, 0.2) is 12.5 Å². The Morgan fingerprint density at radius 1 is 1.41 bits per heavy atom. The van der Waals surface area contributed by atoms with Crippen molar-refractivity contribution in [1.82, 2.24) is 19.8 Å². The van der Waals surface area contributed by atoms with E-state index in [-0.39, 0.29) is 24.4 Å². The third-order valence-corrected chi connectivity index (χ3v) is 4.34. The van der Waals surface area contributed by atoms with Crippen LogP contribution >= 0.6 is 0 Å². The highest BCUT2D eigenvalue weighted by atomic mass is 16.4. The quantitative estimate of drug-likeness (QED) is 0.789. The van der Waals surface area contributed by atoms with Gasteiger partial charge in [0.1, 0.15) is 6.04 Å². The second kappa shape index (κ2) is 5.78. The zero-order valence-corrected chi connectivity index (χ0v) is 12.1. The molecule has 0 aromatic carbocycles. The van der Waals surface area contributed by atoms with E-state index in [9.17, 15) is 14.4 Å². The summed E-state index contributed by atoms with van der Waals surface area (Å²) in [6, 6.07) is -0.907. The Morgan fingerprint density at radius 3 is 2.91 bits per heavy atom. The number of piperazine rings is 1. The van der Waals surface area contributed by atoms with Crippen molar-refractivity contribution in [3.63, 3.8) is 0 Å². The number of rotatable bonds is 4. The topological polar surface area (TPSA) is 107 Å². The first-order valence-corrected chi connectivity index (χ1v) is 7.35. The van der Waals surface area contributed by atoms with Crippen LogP contribution in [-0.4, -0.2) is 67.8 Å². The lowest BCUT2D eigenvalue weighted by Crippen LogP contribution is -2.58. The number of imidazole rings is 1. The number of carboxylic acid groups (broad SMARTS) is 1. The fraction of sp³-hybridized carbons (Fsp3) is 0.571. The van der Waals surface area contributed by atoms with Crippen molar-refractivity contribution in [2.24, 2.45) is 0 Å². The molecular formula is C14H18N4O4. The van der Waals surface area contributed by atoms with Crippen LogP contribution in [0.4, 0.5) is 0 Å². The maximum absolute atomic E-state index is 12.2. The van der Waals surface area contributed by atoms with E-state index in [2.05, 4.69) is 9.97 Å². The van der Waals surface area contributed by atoms with Gasteiger partial charge in [0, 0.05) is 19.2 Å². The molecule has 3 rings (SSSR count). The smallest absolute Gasteiger partial charge is 0.326 e. The van der Waals surface area contributed by atoms with Crippen molar-refractivity contribution in [2.75, 3.05) is 13.1 Å². The van der Waals surface area contributed by atoms with E-state index in [0.29, 0.717) is 32.2 Å². The minimum Gasteiger partial charge on any atom is -0.480 e. The number of amides is 2. The fourth-order valence-corrected chi connectivity index (χ4v) is 3.26. The Balaban J connectivity index is 1.60. The number of nitrogens with zero attached hydrogens (tertiary/aromatic N) is 3. The predicted octanol–water partition coefficient (Wildman–Crippen LogP) is -0.371. The molecule has 2 saturated heterocycles. The van der Waals surface area contributed by atoms with Gasteiger partial charge in [-0.2, -0.15) is 0 Å². The number of hydrogen-bond donors (Lipinski definition) is 2. The van der Waals surface area contributed by atoms with Gasteiger partial charge in [-0.15, -0.1) is 0 Å². The molecule has 1 aromatic rings. The summed E-state index contributed by atoms with van der Waals surface area (Å²) in [7, 11) is 0. The van der Waals surface area contributed by atoms with Crippen LogP contribution in [0.2, 0.25) is 0 Å². The van der Waals surface area contributed by atoms with Crippen LogP contribution in [0.5, 0.6) is 0 Å². The number of aliphatic carboxylic acids is 1. The first-order chi connectivity index (χ1) is 10.6. The highest BCUT2D eigenvalue weighted by Crippen LogP contribution is 2.28. The first kappa shape index (κ1) is 14.6. The molecule has 1 aromatic heterocycles. The molecule has 8 nitrogen and oxygen atoms in total. The minimum atomic E-state index is -0.964. The zero-order valence-electron chi connectivity index (χ0n) is 12.1. The molecular weight excluding hydrogens is 288 g/mol. The number of H-pyrrole nitrogens is 1. The minimum absolute atomic E-state index is 0.0281.